The van der Waals surface area contributed by atoms with E-state index in [1.54, 1.807) is 18.0 Å². The van der Waals surface area contributed by atoms with Crippen LogP contribution < -0.4 is 10.8 Å². The molecule has 0 aliphatic heterocycles. The molecule has 0 heterocycles. The molecule has 0 spiro atoms. The van der Waals surface area contributed by atoms with Crippen molar-refractivity contribution in [3.8, 4) is 0 Å². The quantitative estimate of drug-likeness (QED) is 0.716. The van der Waals surface area contributed by atoms with Gasteiger partial charge in [0.2, 0.25) is 5.91 Å². The van der Waals surface area contributed by atoms with Gasteiger partial charge in [-0.05, 0) is 24.3 Å². The first-order chi connectivity index (χ1) is 9.52. The van der Waals surface area contributed by atoms with E-state index in [2.05, 4.69) is 6.92 Å². The molecule has 0 aromatic rings. The molecule has 0 unspecified atom stereocenters. The minimum absolute atomic E-state index is 0. The molecule has 2 N–H and O–H groups in total. The smallest absolute Gasteiger partial charge is 0.545 e. The van der Waals surface area contributed by atoms with E-state index < -0.39 is 12.0 Å². The second-order valence-electron chi connectivity index (χ2n) is 6.64. The lowest BCUT2D eigenvalue weighted by Crippen LogP contribution is -2.51. The van der Waals surface area contributed by atoms with E-state index in [1.807, 2.05) is 20.8 Å². The summed E-state index contributed by atoms with van der Waals surface area (Å²) in [6, 6.07) is -0.896. The average Bonchev–Trinajstić information content (AvgIpc) is 2.39. The van der Waals surface area contributed by atoms with Gasteiger partial charge in [-0.1, -0.05) is 46.6 Å². The Hall–Kier alpha value is -1.07. The van der Waals surface area contributed by atoms with Gasteiger partial charge in [0.1, 0.15) is 0 Å². The Morgan fingerprint density at radius 3 is 2.23 bits per heavy atom. The number of nitrogens with zero attached hydrogens (tertiary/aromatic N) is 1. The van der Waals surface area contributed by atoms with Crippen molar-refractivity contribution in [3.05, 3.63) is 11.6 Å². The first-order valence-electron chi connectivity index (χ1n) is 7.44. The molecule has 0 aliphatic carbocycles. The molecule has 22 heavy (non-hydrogen) atoms. The highest BCUT2D eigenvalue weighted by molar-refractivity contribution is 5.85. The summed E-state index contributed by atoms with van der Waals surface area (Å²) in [6.07, 6.45) is 4.17. The van der Waals surface area contributed by atoms with Crippen molar-refractivity contribution >= 4 is 24.3 Å². The highest BCUT2D eigenvalue weighted by Crippen LogP contribution is 2.21. The second-order valence-corrected chi connectivity index (χ2v) is 6.64. The van der Waals surface area contributed by atoms with Crippen LogP contribution in [0.15, 0.2) is 11.6 Å². The molecule has 2 atom stereocenters. The standard InChI is InChI=1S/C16H30N2O3.ClH/c1-7-8-9-12(10-11(2)15(20)21)18(6)14(19)13(17)16(3,4)5;/h10,12-13H,7-9,17H2,1-6H3,(H,20,21);1H/b11-10+;/t12-,13+;/m0./s1. The molecule has 6 heteroatoms. The highest BCUT2D eigenvalue weighted by Gasteiger charge is 2.31. The molecule has 130 valence electrons. The summed E-state index contributed by atoms with van der Waals surface area (Å²) in [5.41, 5.74) is 5.81. The summed E-state index contributed by atoms with van der Waals surface area (Å²) >= 11 is 0. The van der Waals surface area contributed by atoms with Crippen molar-refractivity contribution in [2.75, 3.05) is 7.05 Å². The van der Waals surface area contributed by atoms with Crippen LogP contribution in [0.3, 0.4) is 0 Å². The van der Waals surface area contributed by atoms with E-state index in [0.717, 1.165) is 12.8 Å². The van der Waals surface area contributed by atoms with Gasteiger partial charge >= 0.3 is 1.43 Å². The average molecular weight is 335 g/mol. The normalized spacial score (nSPS) is 14.8. The molecular weight excluding hydrogens is 304 g/mol. The number of hydrogen-bond acceptors (Lipinski definition) is 4. The van der Waals surface area contributed by atoms with Crippen LogP contribution in [-0.4, -0.2) is 35.9 Å². The molecule has 0 saturated heterocycles. The summed E-state index contributed by atoms with van der Waals surface area (Å²) in [7, 11) is 1.67. The maximum absolute atomic E-state index is 12.5. The van der Waals surface area contributed by atoms with Gasteiger partial charge in [0.25, 0.3) is 0 Å². The van der Waals surface area contributed by atoms with Crippen LogP contribution in [0, 0.1) is 5.41 Å². The number of carbonyl (C=O) groups is 2. The molecule has 5 nitrogen and oxygen atoms in total. The van der Waals surface area contributed by atoms with Crippen LogP contribution in [0.2, 0.25) is 0 Å². The third-order valence-corrected chi connectivity index (χ3v) is 3.66. The summed E-state index contributed by atoms with van der Waals surface area (Å²) in [5.74, 6) is -1.39. The number of likely N-dealkylation sites (N-methyl/N-ethyl adjacent to an activating group) is 1. The number of carbonyl (C=O) groups excluding carboxylic acids is 2. The Morgan fingerprint density at radius 1 is 1.36 bits per heavy atom. The first kappa shape index (κ1) is 23.2. The van der Waals surface area contributed by atoms with Gasteiger partial charge in [-0.3, -0.25) is 4.79 Å². The van der Waals surface area contributed by atoms with Gasteiger partial charge in [0.05, 0.1) is 18.1 Å². The van der Waals surface area contributed by atoms with Gasteiger partial charge in [0.15, 0.2) is 0 Å². The lowest BCUT2D eigenvalue weighted by molar-refractivity contribution is -0.299. The number of halogens is 1. The van der Waals surface area contributed by atoms with Crippen molar-refractivity contribution in [2.24, 2.45) is 11.1 Å². The molecule has 0 bridgehead atoms. The Kier molecular flexibility index (Phi) is 10.4. The van der Waals surface area contributed by atoms with E-state index in [-0.39, 0.29) is 36.8 Å². The molecule has 0 saturated carbocycles. The number of hydrogen-bond donors (Lipinski definition) is 1. The van der Waals surface area contributed by atoms with Crippen LogP contribution in [-0.2, 0) is 9.59 Å². The molecule has 0 aromatic heterocycles. The fourth-order valence-electron chi connectivity index (χ4n) is 1.91. The molecule has 0 fully saturated rings. The summed E-state index contributed by atoms with van der Waals surface area (Å²) in [4.78, 5) is 24.9. The number of amides is 1. The van der Waals surface area contributed by atoms with Gasteiger partial charge < -0.3 is 20.5 Å². The van der Waals surface area contributed by atoms with Crippen molar-refractivity contribution in [1.82, 2.24) is 4.90 Å². The van der Waals surface area contributed by atoms with Crippen molar-refractivity contribution < 1.29 is 16.1 Å². The Bertz CT molecular complexity index is 409. The first-order valence-corrected chi connectivity index (χ1v) is 7.44. The fourth-order valence-corrected chi connectivity index (χ4v) is 1.91. The van der Waals surface area contributed by atoms with E-state index >= 15 is 0 Å². The Balaban J connectivity index is -0.00000200. The maximum Gasteiger partial charge on any atom is 1.00 e. The number of rotatable bonds is 7. The maximum atomic E-state index is 12.5. The van der Waals surface area contributed by atoms with Gasteiger partial charge in [-0.2, -0.15) is 0 Å². The van der Waals surface area contributed by atoms with E-state index in [0.29, 0.717) is 6.42 Å². The minimum Gasteiger partial charge on any atom is -0.545 e. The lowest BCUT2D eigenvalue weighted by Gasteiger charge is -2.34. The minimum atomic E-state index is -1.21. The monoisotopic (exact) mass is 334 g/mol. The van der Waals surface area contributed by atoms with Crippen molar-refractivity contribution in [2.45, 2.75) is 66.0 Å². The number of unbranched alkanes of at least 4 members (excludes halogenated alkanes) is 1. The molecule has 0 aromatic carbocycles. The summed E-state index contributed by atoms with van der Waals surface area (Å²) < 4.78 is 0. The zero-order valence-corrected chi connectivity index (χ0v) is 15.3. The SMILES string of the molecule is CCCC[C@@H](/C=C(\C)C(=O)[O-])N(C)C(=O)[C@@H](N)C(C)(C)C.Cl.[H+]. The van der Waals surface area contributed by atoms with Gasteiger partial charge in [0, 0.05) is 7.05 Å². The van der Waals surface area contributed by atoms with Crippen LogP contribution in [0.25, 0.3) is 0 Å². The molecule has 1 amide bonds. The van der Waals surface area contributed by atoms with Crippen LogP contribution >= 0.6 is 12.4 Å². The second kappa shape index (κ2) is 9.85. The van der Waals surface area contributed by atoms with E-state index in [1.165, 1.54) is 6.92 Å². The fraction of sp³-hybridized carbons (Fsp3) is 0.750. The number of nitrogens with two attached hydrogens (primary N) is 1. The lowest BCUT2D eigenvalue weighted by atomic mass is 9.86. The largest absolute Gasteiger partial charge is 1.00 e. The predicted molar refractivity (Wildman–Crippen MR) is 90.6 cm³/mol. The molecular formula is C16H31ClN2O3. The zero-order valence-electron chi connectivity index (χ0n) is 15.5. The van der Waals surface area contributed by atoms with Crippen LogP contribution in [0.4, 0.5) is 0 Å². The third-order valence-electron chi connectivity index (χ3n) is 3.66. The molecule has 0 aliphatic rings. The topological polar surface area (TPSA) is 86.5 Å². The predicted octanol–water partition coefficient (Wildman–Crippen LogP) is 1.61. The van der Waals surface area contributed by atoms with Gasteiger partial charge in [-0.25, -0.2) is 0 Å². The number of aliphatic carboxylic acids is 1. The van der Waals surface area contributed by atoms with E-state index in [4.69, 9.17) is 5.73 Å². The van der Waals surface area contributed by atoms with Crippen molar-refractivity contribution in [3.63, 3.8) is 0 Å². The summed E-state index contributed by atoms with van der Waals surface area (Å²) in [6.45, 7) is 9.26. The van der Waals surface area contributed by atoms with Crippen LogP contribution in [0.5, 0.6) is 0 Å². The highest BCUT2D eigenvalue weighted by atomic mass is 35.5. The zero-order chi connectivity index (χ0) is 16.8. The Morgan fingerprint density at radius 2 is 1.86 bits per heavy atom. The van der Waals surface area contributed by atoms with E-state index in [9.17, 15) is 14.7 Å². The third kappa shape index (κ3) is 7.27. The van der Waals surface area contributed by atoms with Crippen LogP contribution in [0.1, 0.15) is 55.3 Å². The molecule has 0 rings (SSSR count). The van der Waals surface area contributed by atoms with Crippen molar-refractivity contribution in [1.29, 1.82) is 0 Å². The molecule has 0 radical (unpaired) electrons. The number of carboxylic acids is 1. The van der Waals surface area contributed by atoms with Gasteiger partial charge in [-0.15, -0.1) is 12.4 Å². The Labute approximate surface area is 141 Å². The summed E-state index contributed by atoms with van der Waals surface area (Å²) in [5, 5.41) is 10.9. The number of carboxylic acid groups (broad SMARTS) is 1.